The Morgan fingerprint density at radius 2 is 1.62 bits per heavy atom. The summed E-state index contributed by atoms with van der Waals surface area (Å²) in [7, 11) is 3.20. The van der Waals surface area contributed by atoms with Crippen LogP contribution in [0.3, 0.4) is 0 Å². The van der Waals surface area contributed by atoms with Crippen LogP contribution in [-0.2, 0) is 0 Å². The van der Waals surface area contributed by atoms with Crippen molar-refractivity contribution in [3.05, 3.63) is 35.9 Å². The molecule has 0 heterocycles. The summed E-state index contributed by atoms with van der Waals surface area (Å²) >= 11 is 0. The van der Waals surface area contributed by atoms with E-state index in [1.54, 1.807) is 14.1 Å². The molecule has 0 aromatic heterocycles. The van der Waals surface area contributed by atoms with Crippen molar-refractivity contribution in [3.8, 4) is 0 Å². The van der Waals surface area contributed by atoms with Gasteiger partial charge in [-0.2, -0.15) is 0 Å². The number of nitrogens with zero attached hydrogens (tertiary/aromatic N) is 1. The lowest BCUT2D eigenvalue weighted by atomic mass is 10.2. The summed E-state index contributed by atoms with van der Waals surface area (Å²) in [5.41, 5.74) is 6.04. The lowest BCUT2D eigenvalue weighted by Crippen LogP contribution is -2.27. The molecule has 3 nitrogen and oxygen atoms in total. The van der Waals surface area contributed by atoms with Gasteiger partial charge in [-0.05, 0) is 6.92 Å². The fourth-order valence-corrected chi connectivity index (χ4v) is 0.534. The van der Waals surface area contributed by atoms with Gasteiger partial charge in [0.25, 0.3) is 0 Å². The number of urea groups is 1. The molecule has 13 heavy (non-hydrogen) atoms. The highest BCUT2D eigenvalue weighted by molar-refractivity contribution is 5.71. The maximum absolute atomic E-state index is 9.85. The number of carbonyl (C=O) groups excluding carboxylic acids is 1. The molecule has 0 aliphatic rings. The van der Waals surface area contributed by atoms with E-state index in [4.69, 9.17) is 5.73 Å². The maximum atomic E-state index is 9.85. The van der Waals surface area contributed by atoms with Gasteiger partial charge in [-0.3, -0.25) is 0 Å². The van der Waals surface area contributed by atoms with E-state index in [1.165, 1.54) is 10.5 Å². The number of primary amides is 1. The summed E-state index contributed by atoms with van der Waals surface area (Å²) < 4.78 is 0. The Bertz CT molecular complexity index is 244. The molecule has 0 saturated heterocycles. The highest BCUT2D eigenvalue weighted by atomic mass is 16.2. The molecule has 0 bridgehead atoms. The number of nitrogens with two attached hydrogens (primary N) is 1. The first-order valence-electron chi connectivity index (χ1n) is 4.02. The van der Waals surface area contributed by atoms with Gasteiger partial charge in [0.1, 0.15) is 0 Å². The summed E-state index contributed by atoms with van der Waals surface area (Å²) in [6.45, 7) is 2.08. The molecule has 0 radical (unpaired) electrons. The zero-order valence-corrected chi connectivity index (χ0v) is 8.32. The van der Waals surface area contributed by atoms with Crippen molar-refractivity contribution >= 4 is 6.03 Å². The Morgan fingerprint density at radius 3 is 1.77 bits per heavy atom. The van der Waals surface area contributed by atoms with Gasteiger partial charge in [0.2, 0.25) is 0 Å². The van der Waals surface area contributed by atoms with Crippen molar-refractivity contribution in [3.63, 3.8) is 0 Å². The van der Waals surface area contributed by atoms with Gasteiger partial charge in [-0.25, -0.2) is 4.79 Å². The monoisotopic (exact) mass is 180 g/mol. The van der Waals surface area contributed by atoms with Gasteiger partial charge in [0.05, 0.1) is 0 Å². The molecule has 3 heteroatoms. The van der Waals surface area contributed by atoms with Gasteiger partial charge in [-0.1, -0.05) is 35.9 Å². The van der Waals surface area contributed by atoms with Gasteiger partial charge in [-0.15, -0.1) is 0 Å². The molecule has 2 N–H and O–H groups in total. The fraction of sp³-hybridized carbons (Fsp3) is 0.300. The van der Waals surface area contributed by atoms with E-state index in [0.717, 1.165) is 0 Å². The van der Waals surface area contributed by atoms with Crippen molar-refractivity contribution in [1.82, 2.24) is 4.90 Å². The third-order valence-corrected chi connectivity index (χ3v) is 1.38. The second-order valence-corrected chi connectivity index (χ2v) is 2.89. The molecule has 2 amide bonds. The van der Waals surface area contributed by atoms with Gasteiger partial charge in [0.15, 0.2) is 0 Å². The smallest absolute Gasteiger partial charge is 0.314 e. The molecule has 1 rings (SSSR count). The number of hydrogen-bond donors (Lipinski definition) is 1. The lowest BCUT2D eigenvalue weighted by Gasteiger charge is -2.01. The molecule has 0 atom stereocenters. The summed E-state index contributed by atoms with van der Waals surface area (Å²) in [5.74, 6) is 0. The predicted molar refractivity (Wildman–Crippen MR) is 54.4 cm³/mol. The summed E-state index contributed by atoms with van der Waals surface area (Å²) in [4.78, 5) is 11.2. The molecule has 1 aromatic carbocycles. The normalized spacial score (nSPS) is 8.23. The molecule has 72 valence electrons. The zero-order chi connectivity index (χ0) is 10.3. The maximum Gasteiger partial charge on any atom is 0.314 e. The van der Waals surface area contributed by atoms with Crippen LogP contribution in [0, 0.1) is 6.92 Å². The van der Waals surface area contributed by atoms with E-state index in [1.807, 2.05) is 18.2 Å². The van der Waals surface area contributed by atoms with E-state index < -0.39 is 6.03 Å². The minimum Gasteiger partial charge on any atom is -0.352 e. The van der Waals surface area contributed by atoms with Crippen LogP contribution < -0.4 is 5.73 Å². The van der Waals surface area contributed by atoms with Crippen molar-refractivity contribution in [2.75, 3.05) is 14.1 Å². The van der Waals surface area contributed by atoms with Crippen LogP contribution in [0.4, 0.5) is 4.79 Å². The first kappa shape index (κ1) is 11.5. The van der Waals surface area contributed by atoms with E-state index in [9.17, 15) is 4.79 Å². The summed E-state index contributed by atoms with van der Waals surface area (Å²) in [6, 6.07) is 9.85. The highest BCUT2D eigenvalue weighted by Gasteiger charge is 1.88. The Kier molecular flexibility index (Phi) is 5.35. The van der Waals surface area contributed by atoms with Crippen LogP contribution >= 0.6 is 0 Å². The number of aryl methyl sites for hydroxylation is 1. The molecule has 0 spiro atoms. The predicted octanol–water partition coefficient (Wildman–Crippen LogP) is 1.62. The number of benzene rings is 1. The average Bonchev–Trinajstić information content (AvgIpc) is 2.06. The van der Waals surface area contributed by atoms with Crippen LogP contribution in [0.2, 0.25) is 0 Å². The highest BCUT2D eigenvalue weighted by Crippen LogP contribution is 1.92. The second-order valence-electron chi connectivity index (χ2n) is 2.89. The molecule has 0 aliphatic carbocycles. The van der Waals surface area contributed by atoms with Crippen molar-refractivity contribution in [2.24, 2.45) is 5.73 Å². The number of rotatable bonds is 0. The first-order valence-corrected chi connectivity index (χ1v) is 4.02. The molecule has 1 aromatic rings. The van der Waals surface area contributed by atoms with E-state index >= 15 is 0 Å². The van der Waals surface area contributed by atoms with E-state index in [2.05, 4.69) is 19.1 Å². The zero-order valence-electron chi connectivity index (χ0n) is 8.32. The standard InChI is InChI=1S/C7H8.C3H8N2O/c1-7-5-3-2-4-6-7;1-5(2)3(4)6/h2-6H,1H3;1-2H3,(H2,4,6). The van der Waals surface area contributed by atoms with Crippen LogP contribution in [0.25, 0.3) is 0 Å². The SMILES string of the molecule is CN(C)C(N)=O.Cc1ccccc1. The molecular weight excluding hydrogens is 164 g/mol. The topological polar surface area (TPSA) is 46.3 Å². The van der Waals surface area contributed by atoms with Crippen LogP contribution in [0.1, 0.15) is 5.56 Å². The summed E-state index contributed by atoms with van der Waals surface area (Å²) in [5, 5.41) is 0. The summed E-state index contributed by atoms with van der Waals surface area (Å²) in [6.07, 6.45) is 0. The molecular formula is C10H16N2O. The Hall–Kier alpha value is -1.51. The molecule has 0 aliphatic heterocycles. The number of carbonyl (C=O) groups is 1. The largest absolute Gasteiger partial charge is 0.352 e. The van der Waals surface area contributed by atoms with Gasteiger partial charge < -0.3 is 10.6 Å². The van der Waals surface area contributed by atoms with Crippen molar-refractivity contribution < 1.29 is 4.79 Å². The first-order chi connectivity index (χ1) is 6.04. The lowest BCUT2D eigenvalue weighted by molar-refractivity contribution is 0.227. The minimum absolute atomic E-state index is 0.407. The minimum atomic E-state index is -0.407. The third kappa shape index (κ3) is 6.87. The van der Waals surface area contributed by atoms with Crippen LogP contribution in [-0.4, -0.2) is 25.0 Å². The Morgan fingerprint density at radius 1 is 1.23 bits per heavy atom. The Balaban J connectivity index is 0.000000226. The van der Waals surface area contributed by atoms with Crippen molar-refractivity contribution in [1.29, 1.82) is 0 Å². The van der Waals surface area contributed by atoms with Crippen LogP contribution in [0.15, 0.2) is 30.3 Å². The second kappa shape index (κ2) is 6.06. The van der Waals surface area contributed by atoms with Crippen LogP contribution in [0.5, 0.6) is 0 Å². The van der Waals surface area contributed by atoms with Crippen molar-refractivity contribution in [2.45, 2.75) is 6.92 Å². The Labute approximate surface area is 79.2 Å². The fourth-order valence-electron chi connectivity index (χ4n) is 0.534. The number of amides is 2. The molecule has 0 saturated carbocycles. The van der Waals surface area contributed by atoms with E-state index in [-0.39, 0.29) is 0 Å². The van der Waals surface area contributed by atoms with Gasteiger partial charge in [0, 0.05) is 14.1 Å². The third-order valence-electron chi connectivity index (χ3n) is 1.38. The average molecular weight is 180 g/mol. The number of hydrogen-bond acceptors (Lipinski definition) is 1. The molecule has 0 fully saturated rings. The van der Waals surface area contributed by atoms with Gasteiger partial charge >= 0.3 is 6.03 Å². The molecule has 0 unspecified atom stereocenters. The quantitative estimate of drug-likeness (QED) is 0.648. The van der Waals surface area contributed by atoms with E-state index in [0.29, 0.717) is 0 Å².